The third-order valence-corrected chi connectivity index (χ3v) is 3.77. The molecule has 0 aromatic heterocycles. The third-order valence-electron chi connectivity index (χ3n) is 3.77. The molecule has 0 heterocycles. The van der Waals surface area contributed by atoms with E-state index >= 15 is 0 Å². The minimum atomic E-state index is -0.263. The number of carbonyl (C=O) groups is 2. The smallest absolute Gasteiger partial charge is 0.258 e. The monoisotopic (exact) mass is 372 g/mol. The molecule has 2 rings (SSSR count). The molecular weight excluding hydrogens is 348 g/mol. The van der Waals surface area contributed by atoms with E-state index in [4.69, 9.17) is 14.2 Å². The Hall–Kier alpha value is -3.22. The maximum atomic E-state index is 12.2. The molecule has 0 unspecified atom stereocenters. The quantitative estimate of drug-likeness (QED) is 0.657. The summed E-state index contributed by atoms with van der Waals surface area (Å²) in [7, 11) is 3.04. The standard InChI is InChI=1S/C20H24N2O5/c1-14-4-7-16(8-5-14)27-13-19(23)21-10-11-22-20(24)15-6-9-17(25-2)18(12-15)26-3/h4-9,12H,10-11,13H2,1-3H3,(H,21,23)(H,22,24). The van der Waals surface area contributed by atoms with E-state index in [1.165, 1.54) is 14.2 Å². The zero-order chi connectivity index (χ0) is 19.6. The van der Waals surface area contributed by atoms with Gasteiger partial charge in [0.05, 0.1) is 14.2 Å². The number of ether oxygens (including phenoxy) is 3. The molecular formula is C20H24N2O5. The lowest BCUT2D eigenvalue weighted by Gasteiger charge is -2.11. The van der Waals surface area contributed by atoms with E-state index in [9.17, 15) is 9.59 Å². The van der Waals surface area contributed by atoms with Crippen molar-refractivity contribution in [2.45, 2.75) is 6.92 Å². The molecule has 0 saturated carbocycles. The van der Waals surface area contributed by atoms with Crippen LogP contribution in [0.2, 0.25) is 0 Å². The minimum Gasteiger partial charge on any atom is -0.493 e. The normalized spacial score (nSPS) is 10.0. The van der Waals surface area contributed by atoms with Gasteiger partial charge in [-0.05, 0) is 37.3 Å². The van der Waals surface area contributed by atoms with Crippen molar-refractivity contribution >= 4 is 11.8 Å². The lowest BCUT2D eigenvalue weighted by Crippen LogP contribution is -2.36. The number of amides is 2. The van der Waals surface area contributed by atoms with Gasteiger partial charge in [-0.15, -0.1) is 0 Å². The van der Waals surface area contributed by atoms with Gasteiger partial charge in [0.25, 0.3) is 11.8 Å². The van der Waals surface area contributed by atoms with Crippen LogP contribution in [0, 0.1) is 6.92 Å². The van der Waals surface area contributed by atoms with Gasteiger partial charge in [-0.1, -0.05) is 17.7 Å². The second-order valence-corrected chi connectivity index (χ2v) is 5.78. The Morgan fingerprint density at radius 1 is 0.889 bits per heavy atom. The number of methoxy groups -OCH3 is 2. The molecule has 0 bridgehead atoms. The highest BCUT2D eigenvalue weighted by Gasteiger charge is 2.10. The van der Waals surface area contributed by atoms with E-state index in [0.717, 1.165) is 5.56 Å². The fourth-order valence-electron chi connectivity index (χ4n) is 2.29. The molecule has 0 aliphatic heterocycles. The number of rotatable bonds is 9. The van der Waals surface area contributed by atoms with E-state index in [1.54, 1.807) is 18.2 Å². The highest BCUT2D eigenvalue weighted by Crippen LogP contribution is 2.27. The lowest BCUT2D eigenvalue weighted by molar-refractivity contribution is -0.123. The highest BCUT2D eigenvalue weighted by atomic mass is 16.5. The zero-order valence-electron chi connectivity index (χ0n) is 15.7. The van der Waals surface area contributed by atoms with Gasteiger partial charge < -0.3 is 24.8 Å². The first-order valence-corrected chi connectivity index (χ1v) is 8.50. The molecule has 0 radical (unpaired) electrons. The summed E-state index contributed by atoms with van der Waals surface area (Å²) in [4.78, 5) is 23.9. The first-order chi connectivity index (χ1) is 13.0. The van der Waals surface area contributed by atoms with Crippen molar-refractivity contribution in [2.24, 2.45) is 0 Å². The maximum Gasteiger partial charge on any atom is 0.258 e. The largest absolute Gasteiger partial charge is 0.493 e. The summed E-state index contributed by atoms with van der Waals surface area (Å²) in [6.07, 6.45) is 0. The second-order valence-electron chi connectivity index (χ2n) is 5.78. The average Bonchev–Trinajstić information content (AvgIpc) is 2.70. The predicted molar refractivity (Wildman–Crippen MR) is 102 cm³/mol. The van der Waals surface area contributed by atoms with E-state index in [-0.39, 0.29) is 18.4 Å². The molecule has 0 saturated heterocycles. The van der Waals surface area contributed by atoms with Gasteiger partial charge in [-0.25, -0.2) is 0 Å². The van der Waals surface area contributed by atoms with E-state index in [0.29, 0.717) is 35.9 Å². The molecule has 2 N–H and O–H groups in total. The average molecular weight is 372 g/mol. The Morgan fingerprint density at radius 3 is 2.22 bits per heavy atom. The number of hydrogen-bond acceptors (Lipinski definition) is 5. The molecule has 2 aromatic carbocycles. The van der Waals surface area contributed by atoms with Crippen LogP contribution in [0.3, 0.4) is 0 Å². The summed E-state index contributed by atoms with van der Waals surface area (Å²) in [6, 6.07) is 12.4. The zero-order valence-corrected chi connectivity index (χ0v) is 15.7. The van der Waals surface area contributed by atoms with Crippen molar-refractivity contribution in [3.05, 3.63) is 53.6 Å². The first kappa shape index (κ1) is 20.1. The summed E-state index contributed by atoms with van der Waals surface area (Å²) in [5.74, 6) is 1.15. The minimum absolute atomic E-state index is 0.0767. The van der Waals surface area contributed by atoms with Crippen LogP contribution in [0.4, 0.5) is 0 Å². The Bertz CT molecular complexity index is 774. The summed E-state index contributed by atoms with van der Waals surface area (Å²) in [5.41, 5.74) is 1.57. The van der Waals surface area contributed by atoms with Crippen LogP contribution in [0.25, 0.3) is 0 Å². The molecule has 0 spiro atoms. The second kappa shape index (κ2) is 10.1. The van der Waals surface area contributed by atoms with Gasteiger partial charge in [-0.2, -0.15) is 0 Å². The number of benzene rings is 2. The van der Waals surface area contributed by atoms with Crippen molar-refractivity contribution in [2.75, 3.05) is 33.9 Å². The number of hydrogen-bond donors (Lipinski definition) is 2. The Labute approximate surface area is 158 Å². The van der Waals surface area contributed by atoms with Gasteiger partial charge in [0.2, 0.25) is 0 Å². The number of aryl methyl sites for hydroxylation is 1. The fourth-order valence-corrected chi connectivity index (χ4v) is 2.29. The predicted octanol–water partition coefficient (Wildman–Crippen LogP) is 1.94. The number of carbonyl (C=O) groups excluding carboxylic acids is 2. The van der Waals surface area contributed by atoms with Crippen LogP contribution in [0.15, 0.2) is 42.5 Å². The molecule has 0 aliphatic rings. The van der Waals surface area contributed by atoms with Crippen LogP contribution >= 0.6 is 0 Å². The van der Waals surface area contributed by atoms with E-state index in [1.807, 2.05) is 31.2 Å². The SMILES string of the molecule is COc1ccc(C(=O)NCCNC(=O)COc2ccc(C)cc2)cc1OC. The summed E-state index contributed by atoms with van der Waals surface area (Å²) in [5, 5.41) is 5.42. The topological polar surface area (TPSA) is 85.9 Å². The van der Waals surface area contributed by atoms with Crippen LogP contribution in [-0.2, 0) is 4.79 Å². The Balaban J connectivity index is 1.70. The van der Waals surface area contributed by atoms with Crippen molar-refractivity contribution in [1.82, 2.24) is 10.6 Å². The summed E-state index contributed by atoms with van der Waals surface area (Å²) < 4.78 is 15.7. The fraction of sp³-hybridized carbons (Fsp3) is 0.300. The van der Waals surface area contributed by atoms with Gasteiger partial charge in [0, 0.05) is 18.7 Å². The highest BCUT2D eigenvalue weighted by molar-refractivity contribution is 5.94. The van der Waals surface area contributed by atoms with Gasteiger partial charge in [0.1, 0.15) is 5.75 Å². The van der Waals surface area contributed by atoms with Crippen LogP contribution in [0.5, 0.6) is 17.2 Å². The summed E-state index contributed by atoms with van der Waals surface area (Å²) >= 11 is 0. The molecule has 144 valence electrons. The first-order valence-electron chi connectivity index (χ1n) is 8.50. The Kier molecular flexibility index (Phi) is 7.49. The van der Waals surface area contributed by atoms with Crippen LogP contribution in [0.1, 0.15) is 15.9 Å². The number of nitrogens with one attached hydrogen (secondary N) is 2. The molecule has 0 aliphatic carbocycles. The van der Waals surface area contributed by atoms with Gasteiger partial charge in [0.15, 0.2) is 18.1 Å². The third kappa shape index (κ3) is 6.22. The molecule has 7 heteroatoms. The molecule has 27 heavy (non-hydrogen) atoms. The van der Waals surface area contributed by atoms with Crippen LogP contribution < -0.4 is 24.8 Å². The Morgan fingerprint density at radius 2 is 1.56 bits per heavy atom. The van der Waals surface area contributed by atoms with Crippen molar-refractivity contribution < 1.29 is 23.8 Å². The van der Waals surface area contributed by atoms with Crippen molar-refractivity contribution in [3.8, 4) is 17.2 Å². The summed E-state index contributed by atoms with van der Waals surface area (Å²) in [6.45, 7) is 2.50. The van der Waals surface area contributed by atoms with Gasteiger partial charge in [-0.3, -0.25) is 9.59 Å². The van der Waals surface area contributed by atoms with Gasteiger partial charge >= 0.3 is 0 Å². The molecule has 2 amide bonds. The van der Waals surface area contributed by atoms with Crippen molar-refractivity contribution in [1.29, 1.82) is 0 Å². The van der Waals surface area contributed by atoms with Crippen molar-refractivity contribution in [3.63, 3.8) is 0 Å². The molecule has 0 fully saturated rings. The molecule has 0 atom stereocenters. The van der Waals surface area contributed by atoms with E-state index in [2.05, 4.69) is 10.6 Å². The molecule has 7 nitrogen and oxygen atoms in total. The maximum absolute atomic E-state index is 12.2. The van der Waals surface area contributed by atoms with E-state index < -0.39 is 0 Å². The lowest BCUT2D eigenvalue weighted by atomic mass is 10.2. The molecule has 2 aromatic rings. The van der Waals surface area contributed by atoms with Crippen LogP contribution in [-0.4, -0.2) is 45.7 Å².